The molecule has 10 heavy (non-hydrogen) atoms. The molecule has 62 valence electrons. The van der Waals surface area contributed by atoms with E-state index in [1.165, 1.54) is 32.5 Å². The molecule has 0 aromatic rings. The van der Waals surface area contributed by atoms with Crippen molar-refractivity contribution < 1.29 is 0 Å². The Labute approximate surface area is 64.2 Å². The minimum Gasteiger partial charge on any atom is -0.344 e. The zero-order valence-corrected chi connectivity index (χ0v) is 7.27. The van der Waals surface area contributed by atoms with E-state index in [0.717, 1.165) is 5.92 Å². The lowest BCUT2D eigenvalue weighted by atomic mass is 10.2. The highest BCUT2D eigenvalue weighted by Gasteiger charge is 2.11. The highest BCUT2D eigenvalue weighted by molar-refractivity contribution is 4.66. The lowest BCUT2D eigenvalue weighted by Gasteiger charge is -2.16. The molecule has 1 fully saturated rings. The first-order valence-corrected chi connectivity index (χ1v) is 4.01. The van der Waals surface area contributed by atoms with Gasteiger partial charge in [-0.15, -0.1) is 0 Å². The van der Waals surface area contributed by atoms with Crippen LogP contribution >= 0.6 is 0 Å². The summed E-state index contributed by atoms with van der Waals surface area (Å²) >= 11 is 0. The maximum atomic E-state index is 2.56. The molecular weight excluding hydrogens is 124 g/mol. The van der Waals surface area contributed by atoms with Crippen molar-refractivity contribution in [2.24, 2.45) is 5.92 Å². The van der Waals surface area contributed by atoms with Crippen molar-refractivity contribution >= 4 is 0 Å². The summed E-state index contributed by atoms with van der Waals surface area (Å²) in [6.07, 6.45) is 2.85. The molecule has 0 atom stereocenters. The third-order valence-corrected chi connectivity index (χ3v) is 1.82. The van der Waals surface area contributed by atoms with E-state index in [-0.39, 0.29) is 6.15 Å². The van der Waals surface area contributed by atoms with E-state index in [1.807, 2.05) is 0 Å². The topological polar surface area (TPSA) is 38.2 Å². The Hall–Kier alpha value is -0.0800. The summed E-state index contributed by atoms with van der Waals surface area (Å²) in [6.45, 7) is 8.58. The van der Waals surface area contributed by atoms with Gasteiger partial charge >= 0.3 is 0 Å². The van der Waals surface area contributed by atoms with E-state index in [2.05, 4.69) is 18.7 Å². The van der Waals surface area contributed by atoms with Crippen LogP contribution in [0.2, 0.25) is 0 Å². The lowest BCUT2D eigenvalue weighted by molar-refractivity contribution is 0.298. The van der Waals surface area contributed by atoms with Crippen LogP contribution in [0.1, 0.15) is 26.7 Å². The molecule has 0 aromatic carbocycles. The molecule has 1 heterocycles. The minimum atomic E-state index is 0. The molecule has 0 saturated carbocycles. The smallest absolute Gasteiger partial charge is 0.000438 e. The Bertz CT molecular complexity index is 75.3. The first-order chi connectivity index (χ1) is 4.29. The van der Waals surface area contributed by atoms with Crippen LogP contribution in [0.4, 0.5) is 0 Å². The van der Waals surface area contributed by atoms with Gasteiger partial charge < -0.3 is 11.1 Å². The Balaban J connectivity index is 0.000000810. The molecule has 1 rings (SSSR count). The molecule has 2 heteroatoms. The first-order valence-electron chi connectivity index (χ1n) is 4.01. The van der Waals surface area contributed by atoms with Gasteiger partial charge in [-0.25, -0.2) is 0 Å². The fraction of sp³-hybridized carbons (Fsp3) is 1.00. The van der Waals surface area contributed by atoms with Gasteiger partial charge in [0.25, 0.3) is 0 Å². The average Bonchev–Trinajstić information content (AvgIpc) is 2.15. The maximum absolute atomic E-state index is 2.56. The van der Waals surface area contributed by atoms with E-state index in [1.54, 1.807) is 0 Å². The molecule has 1 aliphatic rings. The van der Waals surface area contributed by atoms with Crippen LogP contribution in [-0.4, -0.2) is 24.5 Å². The third kappa shape index (κ3) is 3.18. The molecule has 0 radical (unpaired) electrons. The van der Waals surface area contributed by atoms with Crippen LogP contribution in [0.25, 0.3) is 0 Å². The zero-order valence-electron chi connectivity index (χ0n) is 7.27. The van der Waals surface area contributed by atoms with Crippen molar-refractivity contribution in [1.29, 1.82) is 0 Å². The van der Waals surface area contributed by atoms with E-state index in [0.29, 0.717) is 0 Å². The van der Waals surface area contributed by atoms with Crippen molar-refractivity contribution in [2.75, 3.05) is 19.6 Å². The van der Waals surface area contributed by atoms with Gasteiger partial charge in [-0.2, -0.15) is 0 Å². The lowest BCUT2D eigenvalue weighted by Crippen LogP contribution is -2.23. The van der Waals surface area contributed by atoms with Crippen molar-refractivity contribution in [3.63, 3.8) is 0 Å². The maximum Gasteiger partial charge on any atom is 0.000438 e. The highest BCUT2D eigenvalue weighted by atomic mass is 15.1. The molecule has 0 aromatic heterocycles. The predicted molar refractivity (Wildman–Crippen MR) is 45.5 cm³/mol. The molecule has 3 N–H and O–H groups in total. The van der Waals surface area contributed by atoms with Crippen molar-refractivity contribution in [3.8, 4) is 0 Å². The number of hydrogen-bond donors (Lipinski definition) is 1. The summed E-state index contributed by atoms with van der Waals surface area (Å²) in [4.78, 5) is 2.56. The van der Waals surface area contributed by atoms with E-state index in [9.17, 15) is 0 Å². The van der Waals surface area contributed by atoms with Crippen LogP contribution in [0.5, 0.6) is 0 Å². The first kappa shape index (κ1) is 9.92. The highest BCUT2D eigenvalue weighted by Crippen LogP contribution is 2.09. The molecule has 1 saturated heterocycles. The fourth-order valence-electron chi connectivity index (χ4n) is 1.48. The third-order valence-electron chi connectivity index (χ3n) is 1.82. The second-order valence-corrected chi connectivity index (χ2v) is 3.40. The van der Waals surface area contributed by atoms with Gasteiger partial charge in [0.1, 0.15) is 0 Å². The fourth-order valence-corrected chi connectivity index (χ4v) is 1.48. The number of nitrogens with zero attached hydrogens (tertiary/aromatic N) is 1. The van der Waals surface area contributed by atoms with Gasteiger partial charge in [-0.1, -0.05) is 13.8 Å². The van der Waals surface area contributed by atoms with Crippen molar-refractivity contribution in [1.82, 2.24) is 11.1 Å². The molecule has 0 bridgehead atoms. The Morgan fingerprint density at radius 2 is 1.70 bits per heavy atom. The summed E-state index contributed by atoms with van der Waals surface area (Å²) in [5, 5.41) is 0. The zero-order chi connectivity index (χ0) is 6.69. The van der Waals surface area contributed by atoms with E-state index in [4.69, 9.17) is 0 Å². The predicted octanol–water partition coefficient (Wildman–Crippen LogP) is 1.90. The van der Waals surface area contributed by atoms with Crippen LogP contribution in [0, 0.1) is 5.92 Å². The Kier molecular flexibility index (Phi) is 4.65. The van der Waals surface area contributed by atoms with E-state index < -0.39 is 0 Å². The monoisotopic (exact) mass is 144 g/mol. The average molecular weight is 144 g/mol. The number of rotatable bonds is 2. The SMILES string of the molecule is CC(C)CN1CCCC1.N. The molecule has 0 aliphatic carbocycles. The van der Waals surface area contributed by atoms with Gasteiger partial charge in [-0.05, 0) is 31.8 Å². The Morgan fingerprint density at radius 3 is 2.10 bits per heavy atom. The van der Waals surface area contributed by atoms with Crippen LogP contribution in [0.15, 0.2) is 0 Å². The second kappa shape index (κ2) is 4.69. The summed E-state index contributed by atoms with van der Waals surface area (Å²) < 4.78 is 0. The minimum absolute atomic E-state index is 0. The number of likely N-dealkylation sites (tertiary alicyclic amines) is 1. The molecule has 0 spiro atoms. The summed E-state index contributed by atoms with van der Waals surface area (Å²) in [5.41, 5.74) is 0. The molecular formula is C8H20N2. The van der Waals surface area contributed by atoms with Gasteiger partial charge in [0, 0.05) is 6.54 Å². The van der Waals surface area contributed by atoms with Gasteiger partial charge in [0.05, 0.1) is 0 Å². The van der Waals surface area contributed by atoms with Crippen molar-refractivity contribution in [2.45, 2.75) is 26.7 Å². The summed E-state index contributed by atoms with van der Waals surface area (Å²) in [6, 6.07) is 0. The Morgan fingerprint density at radius 1 is 1.20 bits per heavy atom. The molecule has 2 nitrogen and oxygen atoms in total. The van der Waals surface area contributed by atoms with Gasteiger partial charge in [0.2, 0.25) is 0 Å². The van der Waals surface area contributed by atoms with Crippen LogP contribution in [-0.2, 0) is 0 Å². The molecule has 1 aliphatic heterocycles. The van der Waals surface area contributed by atoms with Crippen LogP contribution < -0.4 is 6.15 Å². The largest absolute Gasteiger partial charge is 0.344 e. The van der Waals surface area contributed by atoms with Gasteiger partial charge in [-0.3, -0.25) is 0 Å². The second-order valence-electron chi connectivity index (χ2n) is 3.40. The summed E-state index contributed by atoms with van der Waals surface area (Å²) in [5.74, 6) is 0.850. The quantitative estimate of drug-likeness (QED) is 0.642. The number of hydrogen-bond acceptors (Lipinski definition) is 2. The van der Waals surface area contributed by atoms with E-state index >= 15 is 0 Å². The summed E-state index contributed by atoms with van der Waals surface area (Å²) in [7, 11) is 0. The molecule has 0 unspecified atom stereocenters. The normalized spacial score (nSPS) is 19.5. The van der Waals surface area contributed by atoms with Gasteiger partial charge in [0.15, 0.2) is 0 Å². The molecule has 0 amide bonds. The van der Waals surface area contributed by atoms with Crippen LogP contribution in [0.3, 0.4) is 0 Å². The van der Waals surface area contributed by atoms with Crippen molar-refractivity contribution in [3.05, 3.63) is 0 Å². The standard InChI is InChI=1S/C8H17N.H3N/c1-8(2)7-9-5-3-4-6-9;/h8H,3-7H2,1-2H3;1H3.